The Kier molecular flexibility index (Phi) is 4.24. The van der Waals surface area contributed by atoms with Crippen molar-refractivity contribution >= 4 is 5.91 Å². The largest absolute Gasteiger partial charge is 0.337 e. The molecule has 4 rings (SSSR count). The van der Waals surface area contributed by atoms with Crippen molar-refractivity contribution in [1.29, 1.82) is 0 Å². The molecule has 2 aromatic heterocycles. The molecule has 0 spiro atoms. The van der Waals surface area contributed by atoms with Crippen LogP contribution in [-0.2, 0) is 11.2 Å². The summed E-state index contributed by atoms with van der Waals surface area (Å²) in [4.78, 5) is 23.1. The number of pyridine rings is 1. The van der Waals surface area contributed by atoms with E-state index in [1.54, 1.807) is 12.4 Å². The van der Waals surface area contributed by atoms with Crippen molar-refractivity contribution in [3.8, 4) is 11.4 Å². The first kappa shape index (κ1) is 15.5. The molecule has 0 bridgehead atoms. The van der Waals surface area contributed by atoms with Gasteiger partial charge in [-0.15, -0.1) is 0 Å². The van der Waals surface area contributed by atoms with Crippen LogP contribution in [0.4, 0.5) is 0 Å². The van der Waals surface area contributed by atoms with Crippen molar-refractivity contribution < 1.29 is 9.32 Å². The van der Waals surface area contributed by atoms with Crippen molar-refractivity contribution in [2.24, 2.45) is 0 Å². The van der Waals surface area contributed by atoms with Crippen molar-refractivity contribution in [2.75, 3.05) is 6.54 Å². The van der Waals surface area contributed by atoms with Crippen molar-refractivity contribution in [3.05, 3.63) is 66.3 Å². The Bertz CT molecular complexity index is 848. The van der Waals surface area contributed by atoms with E-state index in [1.165, 1.54) is 0 Å². The Balaban J connectivity index is 1.52. The lowest BCUT2D eigenvalue weighted by Gasteiger charge is -2.21. The predicted octanol–water partition coefficient (Wildman–Crippen LogP) is 3.04. The van der Waals surface area contributed by atoms with E-state index in [4.69, 9.17) is 4.52 Å². The maximum Gasteiger partial charge on any atom is 0.249 e. The Labute approximate surface area is 145 Å². The lowest BCUT2D eigenvalue weighted by molar-refractivity contribution is -0.131. The number of rotatable bonds is 4. The van der Waals surface area contributed by atoms with Crippen LogP contribution in [0.1, 0.15) is 30.3 Å². The summed E-state index contributed by atoms with van der Waals surface area (Å²) in [6.07, 6.45) is 5.55. The van der Waals surface area contributed by atoms with Gasteiger partial charge in [0.2, 0.25) is 17.6 Å². The highest BCUT2D eigenvalue weighted by Crippen LogP contribution is 2.32. The monoisotopic (exact) mass is 334 g/mol. The van der Waals surface area contributed by atoms with Crippen LogP contribution < -0.4 is 0 Å². The quantitative estimate of drug-likeness (QED) is 0.733. The minimum Gasteiger partial charge on any atom is -0.337 e. The molecule has 6 nitrogen and oxygen atoms in total. The van der Waals surface area contributed by atoms with Gasteiger partial charge in [-0.2, -0.15) is 4.98 Å². The van der Waals surface area contributed by atoms with E-state index in [2.05, 4.69) is 15.1 Å². The first-order valence-electron chi connectivity index (χ1n) is 8.38. The van der Waals surface area contributed by atoms with Crippen LogP contribution in [0.25, 0.3) is 11.4 Å². The third-order valence-electron chi connectivity index (χ3n) is 4.41. The zero-order valence-electron chi connectivity index (χ0n) is 13.7. The lowest BCUT2D eigenvalue weighted by Crippen LogP contribution is -2.32. The molecule has 0 aliphatic carbocycles. The number of hydrogen-bond acceptors (Lipinski definition) is 5. The molecule has 6 heteroatoms. The fourth-order valence-electron chi connectivity index (χ4n) is 3.18. The van der Waals surface area contributed by atoms with Crippen LogP contribution in [0, 0.1) is 0 Å². The molecule has 1 fully saturated rings. The minimum atomic E-state index is -0.144. The third-order valence-corrected chi connectivity index (χ3v) is 4.41. The second kappa shape index (κ2) is 6.84. The standard InChI is InChI=1S/C19H18N4O2/c24-17(12-14-6-4-10-20-13-14)23-11-5-9-16(23)19-21-18(22-25-19)15-7-2-1-3-8-15/h1-4,6-8,10,13,16H,5,9,11-12H2/t16-/m1/s1. The Hall–Kier alpha value is -3.02. The molecule has 1 aromatic carbocycles. The molecule has 1 saturated heterocycles. The first-order valence-corrected chi connectivity index (χ1v) is 8.38. The van der Waals surface area contributed by atoms with Crippen molar-refractivity contribution in [2.45, 2.75) is 25.3 Å². The molecule has 3 aromatic rings. The maximum absolute atomic E-state index is 12.7. The number of amides is 1. The van der Waals surface area contributed by atoms with Crippen molar-refractivity contribution in [3.63, 3.8) is 0 Å². The zero-order valence-corrected chi connectivity index (χ0v) is 13.7. The number of likely N-dealkylation sites (tertiary alicyclic amines) is 1. The summed E-state index contributed by atoms with van der Waals surface area (Å²) in [5, 5.41) is 4.07. The molecule has 0 N–H and O–H groups in total. The van der Waals surface area contributed by atoms with E-state index < -0.39 is 0 Å². The topological polar surface area (TPSA) is 72.1 Å². The summed E-state index contributed by atoms with van der Waals surface area (Å²) in [5.41, 5.74) is 1.82. The first-order chi connectivity index (χ1) is 12.3. The van der Waals surface area contributed by atoms with Gasteiger partial charge in [0.1, 0.15) is 6.04 Å². The van der Waals surface area contributed by atoms with Gasteiger partial charge in [-0.25, -0.2) is 0 Å². The summed E-state index contributed by atoms with van der Waals surface area (Å²) in [5.74, 6) is 1.13. The summed E-state index contributed by atoms with van der Waals surface area (Å²) < 4.78 is 5.47. The van der Waals surface area contributed by atoms with Gasteiger partial charge in [-0.05, 0) is 24.5 Å². The van der Waals surface area contributed by atoms with Gasteiger partial charge in [-0.1, -0.05) is 41.6 Å². The average molecular weight is 334 g/mol. The van der Waals surface area contributed by atoms with Gasteiger partial charge in [0.15, 0.2) is 0 Å². The molecule has 3 heterocycles. The van der Waals surface area contributed by atoms with Crippen LogP contribution in [0.3, 0.4) is 0 Å². The van der Waals surface area contributed by atoms with E-state index >= 15 is 0 Å². The minimum absolute atomic E-state index is 0.0648. The number of hydrogen-bond donors (Lipinski definition) is 0. The third kappa shape index (κ3) is 3.28. The van der Waals surface area contributed by atoms with Crippen LogP contribution in [0.15, 0.2) is 59.4 Å². The Morgan fingerprint density at radius 1 is 1.20 bits per heavy atom. The number of nitrogens with zero attached hydrogens (tertiary/aromatic N) is 4. The highest BCUT2D eigenvalue weighted by Gasteiger charge is 2.34. The van der Waals surface area contributed by atoms with Gasteiger partial charge < -0.3 is 9.42 Å². The summed E-state index contributed by atoms with van der Waals surface area (Å²) in [6, 6.07) is 13.3. The molecule has 1 aliphatic rings. The SMILES string of the molecule is O=C(Cc1cccnc1)N1CCC[C@@H]1c1nc(-c2ccccc2)no1. The molecule has 0 saturated carbocycles. The average Bonchev–Trinajstić information content (AvgIpc) is 3.32. The highest BCUT2D eigenvalue weighted by molar-refractivity contribution is 5.79. The van der Waals surface area contributed by atoms with E-state index in [9.17, 15) is 4.79 Å². The van der Waals surface area contributed by atoms with Gasteiger partial charge in [-0.3, -0.25) is 9.78 Å². The van der Waals surface area contributed by atoms with Crippen molar-refractivity contribution in [1.82, 2.24) is 20.0 Å². The van der Waals surface area contributed by atoms with E-state index in [1.807, 2.05) is 47.4 Å². The molecule has 1 aliphatic heterocycles. The molecule has 1 atom stereocenters. The second-order valence-electron chi connectivity index (χ2n) is 6.11. The summed E-state index contributed by atoms with van der Waals surface area (Å²) in [6.45, 7) is 0.715. The number of aromatic nitrogens is 3. The summed E-state index contributed by atoms with van der Waals surface area (Å²) in [7, 11) is 0. The molecular weight excluding hydrogens is 316 g/mol. The molecule has 1 amide bonds. The molecular formula is C19H18N4O2. The number of benzene rings is 1. The summed E-state index contributed by atoms with van der Waals surface area (Å²) >= 11 is 0. The normalized spacial score (nSPS) is 17.0. The zero-order chi connectivity index (χ0) is 17.1. The number of carbonyl (C=O) groups excluding carboxylic acids is 1. The van der Waals surface area contributed by atoms with E-state index in [0.717, 1.165) is 24.0 Å². The second-order valence-corrected chi connectivity index (χ2v) is 6.11. The van der Waals surface area contributed by atoms with Crippen LogP contribution in [0.5, 0.6) is 0 Å². The van der Waals surface area contributed by atoms with Gasteiger partial charge >= 0.3 is 0 Å². The van der Waals surface area contributed by atoms with Gasteiger partial charge in [0.25, 0.3) is 0 Å². The highest BCUT2D eigenvalue weighted by atomic mass is 16.5. The van der Waals surface area contributed by atoms with Crippen LogP contribution in [0.2, 0.25) is 0 Å². The molecule has 25 heavy (non-hydrogen) atoms. The van der Waals surface area contributed by atoms with E-state index in [0.29, 0.717) is 24.7 Å². The lowest BCUT2D eigenvalue weighted by atomic mass is 10.1. The molecule has 126 valence electrons. The van der Waals surface area contributed by atoms with Crippen LogP contribution >= 0.6 is 0 Å². The number of carbonyl (C=O) groups is 1. The smallest absolute Gasteiger partial charge is 0.249 e. The Morgan fingerprint density at radius 2 is 2.08 bits per heavy atom. The molecule has 0 unspecified atom stereocenters. The predicted molar refractivity (Wildman–Crippen MR) is 91.4 cm³/mol. The fourth-order valence-corrected chi connectivity index (χ4v) is 3.18. The van der Waals surface area contributed by atoms with Gasteiger partial charge in [0, 0.05) is 24.5 Å². The van der Waals surface area contributed by atoms with Gasteiger partial charge in [0.05, 0.1) is 6.42 Å². The molecule has 0 radical (unpaired) electrons. The Morgan fingerprint density at radius 3 is 2.88 bits per heavy atom. The fraction of sp³-hybridized carbons (Fsp3) is 0.263. The maximum atomic E-state index is 12.7. The van der Waals surface area contributed by atoms with Crippen LogP contribution in [-0.4, -0.2) is 32.5 Å². The van der Waals surface area contributed by atoms with E-state index in [-0.39, 0.29) is 11.9 Å².